The first kappa shape index (κ1) is 50.1. The molecule has 0 aromatic carbocycles. The zero-order valence-electron chi connectivity index (χ0n) is 33.4. The number of aliphatic hydroxyl groups is 1. The second-order valence-electron chi connectivity index (χ2n) is 14.4. The van der Waals surface area contributed by atoms with Gasteiger partial charge in [-0.25, -0.2) is 0 Å². The van der Waals surface area contributed by atoms with Gasteiger partial charge in [-0.15, -0.1) is 0 Å². The summed E-state index contributed by atoms with van der Waals surface area (Å²) >= 11 is 0. The number of nitrogens with zero attached hydrogens (tertiary/aromatic N) is 1. The minimum Gasteiger partial charge on any atom is -0.391 e. The average molecular weight is 766 g/mol. The normalized spacial score (nSPS) is 13.8. The minimum atomic E-state index is -1.30. The fraction of sp³-hybridized carbons (Fsp3) is 0.795. The molecule has 0 fully saturated rings. The topological polar surface area (TPSA) is 266 Å². The van der Waals surface area contributed by atoms with Crippen molar-refractivity contribution in [1.29, 1.82) is 0 Å². The van der Waals surface area contributed by atoms with E-state index >= 15 is 0 Å². The molecule has 10 N–H and O–H groups in total. The Morgan fingerprint density at radius 3 is 1.65 bits per heavy atom. The van der Waals surface area contributed by atoms with E-state index < -0.39 is 78.2 Å². The standard InChI is InChI=1S/C39H71N7O8/c1-5-7-8-9-10-11-12-13-14-15-16-17-18-21-35(52)46-37(28(4)47)33(50)25-29(26-34(40)51)38(54)44-27(3)32(49)22-23-36(53)45-30(31(48)6-2)20-19-24-43-39(41)42/h27-30,37,47H,5-26H2,1-4H3,(H2,40,51)(H,44,54)(H,45,53)(H,46,52)(H4,41,42,43)/t27-,28+,29-,30-,37?/m0/s1. The van der Waals surface area contributed by atoms with E-state index in [4.69, 9.17) is 17.2 Å². The Bertz CT molecular complexity index is 1190. The number of Topliss-reactive ketones (excluding diaryl/α,β-unsaturated/α-hetero) is 3. The number of rotatable bonds is 34. The van der Waals surface area contributed by atoms with Gasteiger partial charge in [0.1, 0.15) is 6.04 Å². The average Bonchev–Trinajstić information content (AvgIpc) is 3.11. The highest BCUT2D eigenvalue weighted by atomic mass is 16.3. The molecule has 0 saturated heterocycles. The van der Waals surface area contributed by atoms with Crippen molar-refractivity contribution in [3.63, 3.8) is 0 Å². The van der Waals surface area contributed by atoms with Gasteiger partial charge in [0.15, 0.2) is 23.3 Å². The number of hydrogen-bond donors (Lipinski definition) is 7. The molecule has 15 heteroatoms. The summed E-state index contributed by atoms with van der Waals surface area (Å²) in [7, 11) is 0. The largest absolute Gasteiger partial charge is 0.391 e. The molecule has 0 heterocycles. The summed E-state index contributed by atoms with van der Waals surface area (Å²) in [5.74, 6) is -5.22. The second-order valence-corrected chi connectivity index (χ2v) is 14.4. The molecule has 54 heavy (non-hydrogen) atoms. The van der Waals surface area contributed by atoms with Gasteiger partial charge in [0, 0.05) is 45.1 Å². The second kappa shape index (κ2) is 30.4. The molecule has 0 rings (SSSR count). The van der Waals surface area contributed by atoms with Crippen molar-refractivity contribution in [3.8, 4) is 0 Å². The number of ketones is 3. The van der Waals surface area contributed by atoms with Gasteiger partial charge in [-0.1, -0.05) is 90.9 Å². The number of nitrogens with two attached hydrogens (primary N) is 3. The number of aliphatic imine (C=N–C) groups is 1. The molecule has 0 aromatic heterocycles. The van der Waals surface area contributed by atoms with Crippen molar-refractivity contribution < 1.29 is 38.7 Å². The Morgan fingerprint density at radius 2 is 1.15 bits per heavy atom. The first-order valence-corrected chi connectivity index (χ1v) is 20.1. The maximum atomic E-state index is 13.2. The van der Waals surface area contributed by atoms with Crippen LogP contribution in [0, 0.1) is 5.92 Å². The van der Waals surface area contributed by atoms with Gasteiger partial charge >= 0.3 is 0 Å². The third-order valence-corrected chi connectivity index (χ3v) is 9.38. The van der Waals surface area contributed by atoms with E-state index in [1.54, 1.807) is 6.92 Å². The van der Waals surface area contributed by atoms with Crippen molar-refractivity contribution >= 4 is 46.9 Å². The summed E-state index contributed by atoms with van der Waals surface area (Å²) < 4.78 is 0. The summed E-state index contributed by atoms with van der Waals surface area (Å²) in [6.45, 7) is 6.94. The van der Waals surface area contributed by atoms with Crippen LogP contribution in [-0.2, 0) is 33.6 Å². The zero-order chi connectivity index (χ0) is 40.9. The molecule has 0 aliphatic carbocycles. The quantitative estimate of drug-likeness (QED) is 0.0286. The molecule has 0 aliphatic rings. The number of carbonyl (C=O) groups excluding carboxylic acids is 7. The van der Waals surface area contributed by atoms with E-state index in [-0.39, 0.29) is 44.0 Å². The smallest absolute Gasteiger partial charge is 0.224 e. The van der Waals surface area contributed by atoms with Crippen molar-refractivity contribution in [2.24, 2.45) is 28.1 Å². The maximum absolute atomic E-state index is 13.2. The van der Waals surface area contributed by atoms with Crippen LogP contribution in [0.1, 0.15) is 163 Å². The minimum absolute atomic E-state index is 0.0762. The van der Waals surface area contributed by atoms with Gasteiger partial charge in [0.2, 0.25) is 23.6 Å². The van der Waals surface area contributed by atoms with E-state index in [2.05, 4.69) is 27.9 Å². The van der Waals surface area contributed by atoms with Crippen LogP contribution in [-0.4, -0.2) is 82.8 Å². The molecule has 0 aromatic rings. The highest BCUT2D eigenvalue weighted by Gasteiger charge is 2.32. The number of aliphatic hydroxyl groups excluding tert-OH is 1. The third kappa shape index (κ3) is 25.2. The highest BCUT2D eigenvalue weighted by Crippen LogP contribution is 2.16. The number of primary amides is 1. The van der Waals surface area contributed by atoms with Crippen LogP contribution in [0.2, 0.25) is 0 Å². The number of amides is 4. The molecule has 5 atom stereocenters. The Kier molecular flexibility index (Phi) is 28.3. The Labute approximate surface area is 322 Å². The molecular formula is C39H71N7O8. The van der Waals surface area contributed by atoms with Gasteiger partial charge in [-0.3, -0.25) is 38.6 Å². The van der Waals surface area contributed by atoms with Crippen LogP contribution in [0.15, 0.2) is 4.99 Å². The van der Waals surface area contributed by atoms with Crippen LogP contribution < -0.4 is 33.2 Å². The van der Waals surface area contributed by atoms with Crippen LogP contribution >= 0.6 is 0 Å². The summed E-state index contributed by atoms with van der Waals surface area (Å²) in [4.78, 5) is 92.4. The fourth-order valence-corrected chi connectivity index (χ4v) is 6.08. The molecule has 4 amide bonds. The highest BCUT2D eigenvalue weighted by molar-refractivity contribution is 5.97. The fourth-order valence-electron chi connectivity index (χ4n) is 6.08. The van der Waals surface area contributed by atoms with Gasteiger partial charge in [0.25, 0.3) is 0 Å². The van der Waals surface area contributed by atoms with E-state index in [0.717, 1.165) is 19.3 Å². The first-order valence-electron chi connectivity index (χ1n) is 20.1. The summed E-state index contributed by atoms with van der Waals surface area (Å²) in [5, 5.41) is 18.0. The molecule has 0 saturated carbocycles. The molecule has 0 aliphatic heterocycles. The van der Waals surface area contributed by atoms with Gasteiger partial charge in [0.05, 0.1) is 24.1 Å². The first-order chi connectivity index (χ1) is 25.6. The number of unbranched alkanes of at least 4 members (excludes halogenated alkanes) is 12. The lowest BCUT2D eigenvalue weighted by molar-refractivity contribution is -0.136. The van der Waals surface area contributed by atoms with E-state index in [1.165, 1.54) is 71.6 Å². The summed E-state index contributed by atoms with van der Waals surface area (Å²) in [6.07, 6.45) is 13.5. The lowest BCUT2D eigenvalue weighted by atomic mass is 9.92. The van der Waals surface area contributed by atoms with Gasteiger partial charge in [-0.05, 0) is 33.1 Å². The predicted octanol–water partition coefficient (Wildman–Crippen LogP) is 3.16. The van der Waals surface area contributed by atoms with E-state index in [1.807, 2.05) is 0 Å². The number of hydrogen-bond acceptors (Lipinski definition) is 9. The Balaban J connectivity index is 4.87. The number of carbonyl (C=O) groups is 7. The SMILES string of the molecule is CCCCCCCCCCCCCCCC(=O)NC(C(=O)C[C@@H](CC(N)=O)C(=O)N[C@@H](C)C(=O)CCC(=O)N[C@@H](CCCN=C(N)N)C(=O)CC)[C@@H](C)O. The van der Waals surface area contributed by atoms with Crippen molar-refractivity contribution in [2.45, 2.75) is 187 Å². The molecule has 0 bridgehead atoms. The van der Waals surface area contributed by atoms with Crippen molar-refractivity contribution in [2.75, 3.05) is 6.54 Å². The molecule has 0 radical (unpaired) electrons. The Morgan fingerprint density at radius 1 is 0.611 bits per heavy atom. The molecule has 0 spiro atoms. The lowest BCUT2D eigenvalue weighted by Gasteiger charge is -2.23. The van der Waals surface area contributed by atoms with Crippen molar-refractivity contribution in [1.82, 2.24) is 16.0 Å². The van der Waals surface area contributed by atoms with Crippen LogP contribution in [0.25, 0.3) is 0 Å². The van der Waals surface area contributed by atoms with Crippen LogP contribution in [0.5, 0.6) is 0 Å². The van der Waals surface area contributed by atoms with Crippen LogP contribution in [0.4, 0.5) is 0 Å². The van der Waals surface area contributed by atoms with Crippen LogP contribution in [0.3, 0.4) is 0 Å². The molecular weight excluding hydrogens is 694 g/mol. The van der Waals surface area contributed by atoms with E-state index in [0.29, 0.717) is 19.3 Å². The number of nitrogens with one attached hydrogen (secondary N) is 3. The van der Waals surface area contributed by atoms with E-state index in [9.17, 15) is 38.7 Å². The number of guanidine groups is 1. The molecule has 1 unspecified atom stereocenters. The molecule has 310 valence electrons. The summed E-state index contributed by atoms with van der Waals surface area (Å²) in [6, 6.07) is -3.13. The monoisotopic (exact) mass is 766 g/mol. The zero-order valence-corrected chi connectivity index (χ0v) is 33.4. The maximum Gasteiger partial charge on any atom is 0.224 e. The lowest BCUT2D eigenvalue weighted by Crippen LogP contribution is -2.49. The molecule has 15 nitrogen and oxygen atoms in total. The van der Waals surface area contributed by atoms with Crippen molar-refractivity contribution in [3.05, 3.63) is 0 Å². The Hall–Kier alpha value is -3.88. The van der Waals surface area contributed by atoms with Gasteiger partial charge < -0.3 is 38.3 Å². The third-order valence-electron chi connectivity index (χ3n) is 9.38. The predicted molar refractivity (Wildman–Crippen MR) is 210 cm³/mol. The summed E-state index contributed by atoms with van der Waals surface area (Å²) in [5.41, 5.74) is 16.0. The van der Waals surface area contributed by atoms with Gasteiger partial charge in [-0.2, -0.15) is 0 Å².